The van der Waals surface area contributed by atoms with Crippen LogP contribution in [0.2, 0.25) is 6.82 Å². The second-order valence-electron chi connectivity index (χ2n) is 3.04. The molecule has 12 heavy (non-hydrogen) atoms. The van der Waals surface area contributed by atoms with E-state index in [1.54, 1.807) is 0 Å². The molecular weight excluding hydrogens is 157 g/mol. The fraction of sp³-hybridized carbons (Fsp3) is 0.857. The van der Waals surface area contributed by atoms with Crippen molar-refractivity contribution in [2.24, 2.45) is 5.92 Å². The zero-order valence-corrected chi connectivity index (χ0v) is 7.74. The second kappa shape index (κ2) is 5.16. The van der Waals surface area contributed by atoms with Crippen LogP contribution in [0.1, 0.15) is 20.3 Å². The number of nitrogens with one attached hydrogen (secondary N) is 1. The van der Waals surface area contributed by atoms with Crippen molar-refractivity contribution < 1.29 is 14.9 Å². The van der Waals surface area contributed by atoms with Gasteiger partial charge in [-0.25, -0.2) is 0 Å². The topological polar surface area (TPSA) is 69.6 Å². The highest BCUT2D eigenvalue weighted by Crippen LogP contribution is 2.07. The van der Waals surface area contributed by atoms with Gasteiger partial charge in [0.05, 0.1) is 0 Å². The molecule has 2 atom stereocenters. The standard InChI is InChI=1S/C7H16BNO3/c1-4-5(2)6(7(10)11)9-8(3)12/h5-6,9,12H,4H2,1-3H3,(H,10,11). The molecule has 0 aromatic rings. The third kappa shape index (κ3) is 3.73. The van der Waals surface area contributed by atoms with Gasteiger partial charge in [-0.3, -0.25) is 4.79 Å². The lowest BCUT2D eigenvalue weighted by Crippen LogP contribution is -2.48. The van der Waals surface area contributed by atoms with Gasteiger partial charge in [-0.05, 0) is 12.7 Å². The molecule has 0 fully saturated rings. The van der Waals surface area contributed by atoms with E-state index in [-0.39, 0.29) is 5.92 Å². The van der Waals surface area contributed by atoms with Crippen molar-refractivity contribution in [3.05, 3.63) is 0 Å². The van der Waals surface area contributed by atoms with E-state index in [0.29, 0.717) is 0 Å². The van der Waals surface area contributed by atoms with Crippen molar-refractivity contribution in [3.63, 3.8) is 0 Å². The van der Waals surface area contributed by atoms with Gasteiger partial charge >= 0.3 is 13.0 Å². The van der Waals surface area contributed by atoms with E-state index in [1.165, 1.54) is 6.82 Å². The Bertz CT molecular complexity index is 152. The van der Waals surface area contributed by atoms with Crippen molar-refractivity contribution in [2.75, 3.05) is 0 Å². The molecule has 0 amide bonds. The van der Waals surface area contributed by atoms with E-state index in [9.17, 15) is 4.79 Å². The van der Waals surface area contributed by atoms with Gasteiger partial charge in [-0.1, -0.05) is 20.3 Å². The molecule has 2 unspecified atom stereocenters. The number of hydrogen-bond acceptors (Lipinski definition) is 3. The Kier molecular flexibility index (Phi) is 4.93. The number of carboxylic acid groups (broad SMARTS) is 1. The lowest BCUT2D eigenvalue weighted by molar-refractivity contribution is -0.140. The Morgan fingerprint density at radius 3 is 2.42 bits per heavy atom. The number of carboxylic acids is 1. The summed E-state index contributed by atoms with van der Waals surface area (Å²) >= 11 is 0. The summed E-state index contributed by atoms with van der Waals surface area (Å²) in [6.45, 7) is 5.27. The van der Waals surface area contributed by atoms with Crippen molar-refractivity contribution in [2.45, 2.75) is 33.1 Å². The van der Waals surface area contributed by atoms with Crippen LogP contribution in [0, 0.1) is 5.92 Å². The minimum atomic E-state index is -0.912. The van der Waals surface area contributed by atoms with Crippen molar-refractivity contribution in [1.82, 2.24) is 5.23 Å². The van der Waals surface area contributed by atoms with Gasteiger partial charge in [-0.15, -0.1) is 0 Å². The molecule has 70 valence electrons. The number of carbonyl (C=O) groups is 1. The fourth-order valence-corrected chi connectivity index (χ4v) is 0.975. The highest BCUT2D eigenvalue weighted by molar-refractivity contribution is 6.46. The molecule has 0 bridgehead atoms. The van der Waals surface area contributed by atoms with Crippen LogP contribution < -0.4 is 5.23 Å². The summed E-state index contributed by atoms with van der Waals surface area (Å²) in [5, 5.41) is 20.3. The number of hydrogen-bond donors (Lipinski definition) is 3. The van der Waals surface area contributed by atoms with E-state index < -0.39 is 19.1 Å². The van der Waals surface area contributed by atoms with Gasteiger partial charge in [0.25, 0.3) is 0 Å². The van der Waals surface area contributed by atoms with Gasteiger partial charge in [0.15, 0.2) is 0 Å². The molecule has 5 heteroatoms. The van der Waals surface area contributed by atoms with Crippen molar-refractivity contribution in [3.8, 4) is 0 Å². The quantitative estimate of drug-likeness (QED) is 0.519. The average molecular weight is 173 g/mol. The first-order valence-electron chi connectivity index (χ1n) is 4.16. The lowest BCUT2D eigenvalue weighted by atomic mass is 9.84. The molecule has 0 aliphatic carbocycles. The molecule has 0 aliphatic heterocycles. The zero-order valence-electron chi connectivity index (χ0n) is 7.74. The van der Waals surface area contributed by atoms with Crippen LogP contribution in [0.4, 0.5) is 0 Å². The Hall–Kier alpha value is -0.545. The highest BCUT2D eigenvalue weighted by atomic mass is 16.4. The van der Waals surface area contributed by atoms with Gasteiger partial charge < -0.3 is 15.4 Å². The van der Waals surface area contributed by atoms with Gasteiger partial charge in [-0.2, -0.15) is 0 Å². The van der Waals surface area contributed by atoms with Crippen LogP contribution in [-0.2, 0) is 4.79 Å². The summed E-state index contributed by atoms with van der Waals surface area (Å²) in [5.41, 5.74) is 0. The fourth-order valence-electron chi connectivity index (χ4n) is 0.975. The van der Waals surface area contributed by atoms with Gasteiger partial charge in [0, 0.05) is 0 Å². The summed E-state index contributed by atoms with van der Waals surface area (Å²) in [5.74, 6) is -0.887. The summed E-state index contributed by atoms with van der Waals surface area (Å²) in [6, 6.07) is -0.657. The molecule has 4 nitrogen and oxygen atoms in total. The van der Waals surface area contributed by atoms with E-state index in [4.69, 9.17) is 10.1 Å². The minimum Gasteiger partial charge on any atom is -0.480 e. The minimum absolute atomic E-state index is 0.0251. The molecule has 0 heterocycles. The van der Waals surface area contributed by atoms with Gasteiger partial charge in [0.1, 0.15) is 6.04 Å². The molecule has 0 aliphatic rings. The summed E-state index contributed by atoms with van der Waals surface area (Å²) in [4.78, 5) is 10.7. The summed E-state index contributed by atoms with van der Waals surface area (Å²) < 4.78 is 0. The Morgan fingerprint density at radius 1 is 1.67 bits per heavy atom. The molecule has 0 aromatic carbocycles. The smallest absolute Gasteiger partial charge is 0.374 e. The largest absolute Gasteiger partial charge is 0.480 e. The first kappa shape index (κ1) is 11.5. The number of rotatable bonds is 5. The van der Waals surface area contributed by atoms with E-state index in [1.807, 2.05) is 13.8 Å². The first-order chi connectivity index (χ1) is 5.49. The maximum absolute atomic E-state index is 10.7. The maximum Gasteiger partial charge on any atom is 0.374 e. The molecule has 0 rings (SSSR count). The average Bonchev–Trinajstić information content (AvgIpc) is 1.98. The second-order valence-corrected chi connectivity index (χ2v) is 3.04. The SMILES string of the molecule is CCC(C)C(NB(C)O)C(=O)O. The molecule has 0 saturated carbocycles. The summed E-state index contributed by atoms with van der Waals surface area (Å²) in [7, 11) is -0.778. The van der Waals surface area contributed by atoms with Crippen LogP contribution in [-0.4, -0.2) is 29.2 Å². The first-order valence-corrected chi connectivity index (χ1v) is 4.16. The Labute approximate surface area is 73.1 Å². The maximum atomic E-state index is 10.7. The van der Waals surface area contributed by atoms with E-state index >= 15 is 0 Å². The Balaban J connectivity index is 4.13. The predicted molar refractivity (Wildman–Crippen MR) is 47.9 cm³/mol. The summed E-state index contributed by atoms with van der Waals surface area (Å²) in [6.07, 6.45) is 0.774. The number of aliphatic carboxylic acids is 1. The molecule has 0 spiro atoms. The van der Waals surface area contributed by atoms with Crippen LogP contribution in [0.3, 0.4) is 0 Å². The zero-order chi connectivity index (χ0) is 9.72. The Morgan fingerprint density at radius 2 is 2.17 bits per heavy atom. The monoisotopic (exact) mass is 173 g/mol. The van der Waals surface area contributed by atoms with E-state index in [2.05, 4.69) is 5.23 Å². The van der Waals surface area contributed by atoms with Crippen LogP contribution in [0.15, 0.2) is 0 Å². The van der Waals surface area contributed by atoms with E-state index in [0.717, 1.165) is 6.42 Å². The molecule has 0 radical (unpaired) electrons. The van der Waals surface area contributed by atoms with Crippen LogP contribution in [0.5, 0.6) is 0 Å². The normalized spacial score (nSPS) is 15.3. The predicted octanol–water partition coefficient (Wildman–Crippen LogP) is 0.186. The molecule has 0 saturated heterocycles. The molecule has 0 aromatic heterocycles. The third-order valence-electron chi connectivity index (χ3n) is 1.90. The molecule has 3 N–H and O–H groups in total. The van der Waals surface area contributed by atoms with Crippen LogP contribution >= 0.6 is 0 Å². The molecular formula is C7H16BNO3. The highest BCUT2D eigenvalue weighted by Gasteiger charge is 2.25. The lowest BCUT2D eigenvalue weighted by Gasteiger charge is -2.20. The third-order valence-corrected chi connectivity index (χ3v) is 1.90. The van der Waals surface area contributed by atoms with Crippen LogP contribution in [0.25, 0.3) is 0 Å². The van der Waals surface area contributed by atoms with Crippen molar-refractivity contribution >= 4 is 13.0 Å². The van der Waals surface area contributed by atoms with Gasteiger partial charge in [0.2, 0.25) is 0 Å². The van der Waals surface area contributed by atoms with Crippen molar-refractivity contribution in [1.29, 1.82) is 0 Å².